The molecule has 1 atom stereocenters. The van der Waals surface area contributed by atoms with Gasteiger partial charge in [-0.05, 0) is 25.2 Å². The van der Waals surface area contributed by atoms with Crippen LogP contribution in [0.15, 0.2) is 11.0 Å². The summed E-state index contributed by atoms with van der Waals surface area (Å²) in [7, 11) is 0. The molecule has 1 aliphatic heterocycles. The lowest BCUT2D eigenvalue weighted by molar-refractivity contribution is 0.741. The van der Waals surface area contributed by atoms with Crippen LogP contribution in [0.25, 0.3) is 0 Å². The van der Waals surface area contributed by atoms with E-state index in [0.29, 0.717) is 4.75 Å². The Morgan fingerprint density at radius 3 is 2.73 bits per heavy atom. The van der Waals surface area contributed by atoms with E-state index < -0.39 is 0 Å². The van der Waals surface area contributed by atoms with Gasteiger partial charge in [0.25, 0.3) is 0 Å². The van der Waals surface area contributed by atoms with Gasteiger partial charge in [-0.2, -0.15) is 0 Å². The Balaban J connectivity index is 2.74. The van der Waals surface area contributed by atoms with Crippen molar-refractivity contribution in [1.29, 1.82) is 0 Å². The van der Waals surface area contributed by atoms with Gasteiger partial charge in [-0.15, -0.1) is 23.5 Å². The van der Waals surface area contributed by atoms with Crippen LogP contribution < -0.4 is 0 Å². The molecule has 1 rings (SSSR count). The van der Waals surface area contributed by atoms with Crippen LogP contribution in [0.2, 0.25) is 0 Å². The van der Waals surface area contributed by atoms with Gasteiger partial charge in [0.15, 0.2) is 0 Å². The SMILES string of the molecule is C/C=C1\SCCSC1(C)CC. The Kier molecular flexibility index (Phi) is 3.38. The molecular formula is C9H16S2. The highest BCUT2D eigenvalue weighted by molar-refractivity contribution is 8.09. The van der Waals surface area contributed by atoms with Crippen molar-refractivity contribution in [3.8, 4) is 0 Å². The normalized spacial score (nSPS) is 36.1. The molecule has 1 heterocycles. The van der Waals surface area contributed by atoms with Gasteiger partial charge in [0.05, 0.1) is 0 Å². The molecule has 11 heavy (non-hydrogen) atoms. The first-order valence-corrected chi connectivity index (χ1v) is 6.13. The van der Waals surface area contributed by atoms with E-state index in [1.165, 1.54) is 17.9 Å². The topological polar surface area (TPSA) is 0 Å². The molecule has 0 N–H and O–H groups in total. The molecular weight excluding hydrogens is 172 g/mol. The Hall–Kier alpha value is 0.440. The highest BCUT2D eigenvalue weighted by Crippen LogP contribution is 2.45. The van der Waals surface area contributed by atoms with E-state index in [1.54, 1.807) is 4.91 Å². The largest absolute Gasteiger partial charge is 0.149 e. The van der Waals surface area contributed by atoms with Crippen molar-refractivity contribution in [2.24, 2.45) is 0 Å². The fourth-order valence-electron chi connectivity index (χ4n) is 1.31. The first-order valence-electron chi connectivity index (χ1n) is 4.16. The van der Waals surface area contributed by atoms with Crippen LogP contribution in [0.5, 0.6) is 0 Å². The first kappa shape index (κ1) is 9.53. The number of hydrogen-bond acceptors (Lipinski definition) is 2. The molecule has 1 unspecified atom stereocenters. The Morgan fingerprint density at radius 1 is 1.55 bits per heavy atom. The van der Waals surface area contributed by atoms with Crippen LogP contribution in [-0.2, 0) is 0 Å². The molecule has 0 aromatic carbocycles. The first-order chi connectivity index (χ1) is 5.23. The maximum absolute atomic E-state index is 2.36. The molecule has 0 bridgehead atoms. The molecule has 0 amide bonds. The lowest BCUT2D eigenvalue weighted by Crippen LogP contribution is -2.25. The van der Waals surface area contributed by atoms with E-state index in [1.807, 2.05) is 11.8 Å². The van der Waals surface area contributed by atoms with Crippen molar-refractivity contribution in [3.05, 3.63) is 11.0 Å². The molecule has 0 saturated carbocycles. The van der Waals surface area contributed by atoms with Crippen molar-refractivity contribution in [2.45, 2.75) is 31.9 Å². The third-order valence-electron chi connectivity index (χ3n) is 2.22. The summed E-state index contributed by atoms with van der Waals surface area (Å²) in [5, 5.41) is 0. The Morgan fingerprint density at radius 2 is 2.27 bits per heavy atom. The van der Waals surface area contributed by atoms with Gasteiger partial charge in [-0.3, -0.25) is 0 Å². The van der Waals surface area contributed by atoms with Crippen molar-refractivity contribution >= 4 is 23.5 Å². The zero-order valence-electron chi connectivity index (χ0n) is 7.52. The molecule has 0 nitrogen and oxygen atoms in total. The van der Waals surface area contributed by atoms with E-state index in [9.17, 15) is 0 Å². The van der Waals surface area contributed by atoms with Crippen LogP contribution in [0, 0.1) is 0 Å². The van der Waals surface area contributed by atoms with Crippen LogP contribution in [0.4, 0.5) is 0 Å². The second-order valence-electron chi connectivity index (χ2n) is 2.93. The molecule has 0 spiro atoms. The quantitative estimate of drug-likeness (QED) is 0.617. The second kappa shape index (κ2) is 3.90. The minimum atomic E-state index is 0.428. The third kappa shape index (κ3) is 1.97. The molecule has 1 aliphatic rings. The molecule has 0 aromatic rings. The summed E-state index contributed by atoms with van der Waals surface area (Å²) < 4.78 is 0.428. The monoisotopic (exact) mass is 188 g/mol. The van der Waals surface area contributed by atoms with Gasteiger partial charge in [0, 0.05) is 16.3 Å². The highest BCUT2D eigenvalue weighted by Gasteiger charge is 2.30. The maximum Gasteiger partial charge on any atom is 0.0433 e. The fraction of sp³-hybridized carbons (Fsp3) is 0.778. The summed E-state index contributed by atoms with van der Waals surface area (Å²) in [6.45, 7) is 6.80. The summed E-state index contributed by atoms with van der Waals surface area (Å²) in [5.41, 5.74) is 0. The number of allylic oxidation sites excluding steroid dienone is 1. The average Bonchev–Trinajstić information content (AvgIpc) is 2.05. The molecule has 64 valence electrons. The zero-order chi connectivity index (χ0) is 8.32. The Bertz CT molecular complexity index is 163. The molecule has 0 radical (unpaired) electrons. The number of rotatable bonds is 1. The van der Waals surface area contributed by atoms with E-state index in [-0.39, 0.29) is 0 Å². The van der Waals surface area contributed by atoms with Crippen molar-refractivity contribution < 1.29 is 0 Å². The van der Waals surface area contributed by atoms with Crippen molar-refractivity contribution in [1.82, 2.24) is 0 Å². The van der Waals surface area contributed by atoms with E-state index >= 15 is 0 Å². The standard InChI is InChI=1S/C9H16S2/c1-4-8-9(3,5-2)11-7-6-10-8/h4H,5-7H2,1-3H3/b8-4-. The maximum atomic E-state index is 2.36. The van der Waals surface area contributed by atoms with E-state index in [0.717, 1.165) is 0 Å². The molecule has 0 aromatic heterocycles. The van der Waals surface area contributed by atoms with Crippen LogP contribution in [0.1, 0.15) is 27.2 Å². The van der Waals surface area contributed by atoms with Crippen LogP contribution in [0.3, 0.4) is 0 Å². The summed E-state index contributed by atoms with van der Waals surface area (Å²) >= 11 is 4.14. The Labute approximate surface area is 78.2 Å². The van der Waals surface area contributed by atoms with Crippen molar-refractivity contribution in [2.75, 3.05) is 11.5 Å². The smallest absolute Gasteiger partial charge is 0.0433 e. The summed E-state index contributed by atoms with van der Waals surface area (Å²) in [6.07, 6.45) is 3.53. The number of thioether (sulfide) groups is 2. The average molecular weight is 188 g/mol. The van der Waals surface area contributed by atoms with Gasteiger partial charge >= 0.3 is 0 Å². The predicted octanol–water partition coefficient (Wildman–Crippen LogP) is 3.54. The van der Waals surface area contributed by atoms with Crippen LogP contribution in [-0.4, -0.2) is 16.3 Å². The molecule has 1 saturated heterocycles. The van der Waals surface area contributed by atoms with Crippen LogP contribution >= 0.6 is 23.5 Å². The number of hydrogen-bond donors (Lipinski definition) is 0. The molecule has 0 aliphatic carbocycles. The minimum Gasteiger partial charge on any atom is -0.149 e. The van der Waals surface area contributed by atoms with Gasteiger partial charge in [-0.1, -0.05) is 13.0 Å². The minimum absolute atomic E-state index is 0.428. The van der Waals surface area contributed by atoms with Gasteiger partial charge < -0.3 is 0 Å². The summed E-state index contributed by atoms with van der Waals surface area (Å²) in [4.78, 5) is 1.58. The predicted molar refractivity (Wildman–Crippen MR) is 57.4 cm³/mol. The summed E-state index contributed by atoms with van der Waals surface area (Å²) in [6, 6.07) is 0. The van der Waals surface area contributed by atoms with Gasteiger partial charge in [0.1, 0.15) is 0 Å². The molecule has 1 fully saturated rings. The molecule has 2 heteroatoms. The second-order valence-corrected chi connectivity index (χ2v) is 5.67. The van der Waals surface area contributed by atoms with Gasteiger partial charge in [-0.25, -0.2) is 0 Å². The van der Waals surface area contributed by atoms with E-state index in [4.69, 9.17) is 0 Å². The van der Waals surface area contributed by atoms with E-state index in [2.05, 4.69) is 38.6 Å². The van der Waals surface area contributed by atoms with Crippen molar-refractivity contribution in [3.63, 3.8) is 0 Å². The highest BCUT2D eigenvalue weighted by atomic mass is 32.2. The zero-order valence-corrected chi connectivity index (χ0v) is 9.15. The third-order valence-corrected chi connectivity index (χ3v) is 5.57. The lowest BCUT2D eigenvalue weighted by Gasteiger charge is -2.34. The lowest BCUT2D eigenvalue weighted by atomic mass is 10.1. The summed E-state index contributed by atoms with van der Waals surface area (Å²) in [5.74, 6) is 2.60. The van der Waals surface area contributed by atoms with Gasteiger partial charge in [0.2, 0.25) is 0 Å². The fourth-order valence-corrected chi connectivity index (χ4v) is 4.08.